The molecule has 2 aromatic rings. The SMILES string of the molecule is NC=CC=Nc1ccc2c(c1)S(=O)(=NC(=O)Nc1c3c(cc4c1CCC4)CCC3)NC2=O. The quantitative estimate of drug-likeness (QED) is 0.619. The number of anilines is 1. The summed E-state index contributed by atoms with van der Waals surface area (Å²) >= 11 is 0. The van der Waals surface area contributed by atoms with Crippen LogP contribution in [0.4, 0.5) is 16.2 Å². The zero-order valence-electron chi connectivity index (χ0n) is 17.4. The lowest BCUT2D eigenvalue weighted by atomic mass is 9.99. The number of urea groups is 1. The number of hydrogen-bond donors (Lipinski definition) is 3. The smallest absolute Gasteiger partial charge is 0.355 e. The number of nitrogens with zero attached hydrogens (tertiary/aromatic N) is 2. The van der Waals surface area contributed by atoms with E-state index in [4.69, 9.17) is 5.73 Å². The van der Waals surface area contributed by atoms with Crippen LogP contribution in [0, 0.1) is 0 Å². The van der Waals surface area contributed by atoms with Crippen molar-refractivity contribution in [1.82, 2.24) is 4.72 Å². The van der Waals surface area contributed by atoms with Gasteiger partial charge in [0.25, 0.3) is 5.91 Å². The van der Waals surface area contributed by atoms with E-state index < -0.39 is 21.9 Å². The van der Waals surface area contributed by atoms with E-state index in [1.54, 1.807) is 12.1 Å². The number of aliphatic imine (C=N–C) groups is 1. The molecule has 9 heteroatoms. The first-order valence-electron chi connectivity index (χ1n) is 10.6. The van der Waals surface area contributed by atoms with Gasteiger partial charge in [-0.3, -0.25) is 14.5 Å². The van der Waals surface area contributed by atoms with Gasteiger partial charge in [-0.05, 0) is 91.3 Å². The summed E-state index contributed by atoms with van der Waals surface area (Å²) in [4.78, 5) is 29.6. The minimum absolute atomic E-state index is 0.160. The molecule has 3 amide bonds. The molecule has 2 aromatic carbocycles. The van der Waals surface area contributed by atoms with Crippen molar-refractivity contribution in [3.05, 3.63) is 64.4 Å². The van der Waals surface area contributed by atoms with Crippen molar-refractivity contribution in [3.63, 3.8) is 0 Å². The van der Waals surface area contributed by atoms with Gasteiger partial charge >= 0.3 is 6.03 Å². The number of fused-ring (bicyclic) bond motifs is 3. The molecule has 5 rings (SSSR count). The number of hydrogen-bond acceptors (Lipinski definition) is 5. The number of nitrogens with one attached hydrogen (secondary N) is 2. The lowest BCUT2D eigenvalue weighted by Gasteiger charge is -2.15. The number of rotatable bonds is 3. The molecule has 0 aromatic heterocycles. The van der Waals surface area contributed by atoms with Crippen LogP contribution in [-0.4, -0.2) is 22.4 Å². The first kappa shape index (κ1) is 20.4. The third kappa shape index (κ3) is 3.48. The van der Waals surface area contributed by atoms with Gasteiger partial charge < -0.3 is 11.1 Å². The second-order valence-electron chi connectivity index (χ2n) is 8.06. The Morgan fingerprint density at radius 3 is 2.50 bits per heavy atom. The van der Waals surface area contributed by atoms with E-state index >= 15 is 0 Å². The van der Waals surface area contributed by atoms with Gasteiger partial charge in [-0.2, -0.15) is 0 Å². The Labute approximate surface area is 186 Å². The van der Waals surface area contributed by atoms with Gasteiger partial charge in [0.15, 0.2) is 9.92 Å². The van der Waals surface area contributed by atoms with Crippen LogP contribution in [-0.2, 0) is 35.6 Å². The molecule has 3 aliphatic rings. The van der Waals surface area contributed by atoms with Gasteiger partial charge in [-0.15, -0.1) is 4.36 Å². The number of amides is 3. The monoisotopic (exact) mass is 449 g/mol. The number of carbonyl (C=O) groups excluding carboxylic acids is 2. The zero-order chi connectivity index (χ0) is 22.3. The van der Waals surface area contributed by atoms with Crippen LogP contribution in [0.2, 0.25) is 0 Å². The van der Waals surface area contributed by atoms with Crippen molar-refractivity contribution in [2.75, 3.05) is 5.32 Å². The van der Waals surface area contributed by atoms with Gasteiger partial charge in [0.2, 0.25) is 0 Å². The lowest BCUT2D eigenvalue weighted by molar-refractivity contribution is 0.0985. The van der Waals surface area contributed by atoms with Crippen LogP contribution >= 0.6 is 0 Å². The molecule has 1 atom stereocenters. The maximum absolute atomic E-state index is 13.5. The molecule has 0 saturated heterocycles. The minimum atomic E-state index is -3.47. The van der Waals surface area contributed by atoms with E-state index in [1.807, 2.05) is 0 Å². The molecule has 2 aliphatic carbocycles. The van der Waals surface area contributed by atoms with Crippen LogP contribution in [0.1, 0.15) is 45.5 Å². The Hall–Kier alpha value is -3.46. The Morgan fingerprint density at radius 1 is 1.09 bits per heavy atom. The van der Waals surface area contributed by atoms with Crippen LogP contribution < -0.4 is 15.8 Å². The van der Waals surface area contributed by atoms with E-state index in [1.165, 1.54) is 35.7 Å². The molecule has 0 bridgehead atoms. The largest absolute Gasteiger partial charge is 0.405 e. The third-order valence-electron chi connectivity index (χ3n) is 6.08. The predicted molar refractivity (Wildman–Crippen MR) is 124 cm³/mol. The molecule has 0 saturated carbocycles. The van der Waals surface area contributed by atoms with Crippen LogP contribution in [0.3, 0.4) is 0 Å². The average Bonchev–Trinajstić information content (AvgIpc) is 3.47. The minimum Gasteiger partial charge on any atom is -0.405 e. The molecule has 8 nitrogen and oxygen atoms in total. The number of aryl methyl sites for hydroxylation is 2. The van der Waals surface area contributed by atoms with E-state index in [-0.39, 0.29) is 10.5 Å². The van der Waals surface area contributed by atoms with Crippen molar-refractivity contribution in [3.8, 4) is 0 Å². The van der Waals surface area contributed by atoms with E-state index in [0.717, 1.165) is 55.3 Å². The van der Waals surface area contributed by atoms with Gasteiger partial charge in [0, 0.05) is 11.9 Å². The Balaban J connectivity index is 1.51. The van der Waals surface area contributed by atoms with Gasteiger partial charge in [-0.1, -0.05) is 6.07 Å². The second-order valence-corrected chi connectivity index (χ2v) is 9.93. The molecular formula is C23H23N5O3S. The Bertz CT molecular complexity index is 1300. The van der Waals surface area contributed by atoms with E-state index in [2.05, 4.69) is 25.5 Å². The van der Waals surface area contributed by atoms with Gasteiger partial charge in [-0.25, -0.2) is 9.00 Å². The summed E-state index contributed by atoms with van der Waals surface area (Å²) in [5.74, 6) is -0.527. The van der Waals surface area contributed by atoms with Crippen molar-refractivity contribution in [2.45, 2.75) is 43.4 Å². The molecule has 0 spiro atoms. The average molecular weight is 450 g/mol. The fourth-order valence-electron chi connectivity index (χ4n) is 4.71. The highest BCUT2D eigenvalue weighted by molar-refractivity contribution is 7.93. The fraction of sp³-hybridized carbons (Fsp3) is 0.261. The topological polar surface area (TPSA) is 126 Å². The Kier molecular flexibility index (Phi) is 5.05. The lowest BCUT2D eigenvalue weighted by Crippen LogP contribution is -2.23. The van der Waals surface area contributed by atoms with Crippen LogP contribution in [0.15, 0.2) is 50.8 Å². The van der Waals surface area contributed by atoms with Gasteiger partial charge in [0.05, 0.1) is 16.1 Å². The van der Waals surface area contributed by atoms with Crippen molar-refractivity contribution < 1.29 is 13.8 Å². The number of carbonyl (C=O) groups is 2. The van der Waals surface area contributed by atoms with Crippen LogP contribution in [0.25, 0.3) is 0 Å². The summed E-state index contributed by atoms with van der Waals surface area (Å²) in [5.41, 5.74) is 11.7. The van der Waals surface area contributed by atoms with Crippen LogP contribution in [0.5, 0.6) is 0 Å². The van der Waals surface area contributed by atoms with Crippen molar-refractivity contribution >= 4 is 39.4 Å². The van der Waals surface area contributed by atoms with E-state index in [0.29, 0.717) is 5.69 Å². The summed E-state index contributed by atoms with van der Waals surface area (Å²) in [7, 11) is -3.47. The third-order valence-corrected chi connectivity index (χ3v) is 7.90. The molecular weight excluding hydrogens is 426 g/mol. The molecule has 1 aliphatic heterocycles. The molecule has 1 unspecified atom stereocenters. The summed E-state index contributed by atoms with van der Waals surface area (Å²) in [6.45, 7) is 0. The summed E-state index contributed by atoms with van der Waals surface area (Å²) < 4.78 is 19.9. The van der Waals surface area contributed by atoms with Crippen molar-refractivity contribution in [2.24, 2.45) is 15.1 Å². The maximum Gasteiger partial charge on any atom is 0.355 e. The zero-order valence-corrected chi connectivity index (χ0v) is 18.2. The number of allylic oxidation sites excluding steroid dienone is 1. The standard InChI is InChI=1S/C23H23N5O3S/c24-10-3-11-25-16-8-9-19-20(13-16)32(31,27-22(19)29)28-23(30)26-21-17-6-1-4-14(17)12-15-5-2-7-18(15)21/h3,8-13H,1-2,4-7,24H2,(H2,26,27,28,29,30,31). The molecule has 4 N–H and O–H groups in total. The summed E-state index contributed by atoms with van der Waals surface area (Å²) in [5, 5.41) is 2.91. The number of benzene rings is 2. The molecule has 0 fully saturated rings. The summed E-state index contributed by atoms with van der Waals surface area (Å²) in [6, 6.07) is 6.21. The first-order valence-corrected chi connectivity index (χ1v) is 12.1. The van der Waals surface area contributed by atoms with E-state index in [9.17, 15) is 13.8 Å². The molecule has 32 heavy (non-hydrogen) atoms. The predicted octanol–water partition coefficient (Wildman–Crippen LogP) is 3.56. The highest BCUT2D eigenvalue weighted by Crippen LogP contribution is 2.39. The summed E-state index contributed by atoms with van der Waals surface area (Å²) in [6.07, 6.45) is 10.3. The normalized spacial score (nSPS) is 20.9. The Morgan fingerprint density at radius 2 is 1.81 bits per heavy atom. The molecule has 1 heterocycles. The highest BCUT2D eigenvalue weighted by atomic mass is 32.2. The van der Waals surface area contributed by atoms with Crippen molar-refractivity contribution in [1.29, 1.82) is 0 Å². The maximum atomic E-state index is 13.5. The number of nitrogens with two attached hydrogens (primary N) is 1. The molecule has 164 valence electrons. The fourth-order valence-corrected chi connectivity index (χ4v) is 6.34. The van der Waals surface area contributed by atoms with Gasteiger partial charge in [0.1, 0.15) is 0 Å². The second kappa shape index (κ2) is 7.90. The highest BCUT2D eigenvalue weighted by Gasteiger charge is 2.33. The first-order chi connectivity index (χ1) is 15.5. The molecule has 0 radical (unpaired) electrons.